The van der Waals surface area contributed by atoms with E-state index in [2.05, 4.69) is 32.9 Å². The van der Waals surface area contributed by atoms with Gasteiger partial charge in [-0.05, 0) is 5.41 Å². The van der Waals surface area contributed by atoms with Crippen LogP contribution in [0.1, 0.15) is 33.6 Å². The fourth-order valence-corrected chi connectivity index (χ4v) is 0.823. The van der Waals surface area contributed by atoms with Crippen molar-refractivity contribution in [2.45, 2.75) is 33.6 Å². The maximum atomic E-state index is 3.18. The summed E-state index contributed by atoms with van der Waals surface area (Å²) in [5.41, 5.74) is 0.512. The first-order valence-electron chi connectivity index (χ1n) is 3.67. The van der Waals surface area contributed by atoms with Crippen molar-refractivity contribution in [3.8, 4) is 0 Å². The molecule has 0 bridgehead atoms. The van der Waals surface area contributed by atoms with Crippen LogP contribution in [0.4, 0.5) is 0 Å². The van der Waals surface area contributed by atoms with Gasteiger partial charge >= 0.3 is 0 Å². The van der Waals surface area contributed by atoms with E-state index in [-0.39, 0.29) is 0 Å². The summed E-state index contributed by atoms with van der Waals surface area (Å²) in [6.07, 6.45) is 7.97. The Bertz CT molecular complexity index is 108. The van der Waals surface area contributed by atoms with Gasteiger partial charge in [-0.25, -0.2) is 0 Å². The monoisotopic (exact) mass is 123 g/mol. The fourth-order valence-electron chi connectivity index (χ4n) is 0.823. The maximum absolute atomic E-state index is 3.18. The molecule has 0 fully saturated rings. The van der Waals surface area contributed by atoms with Crippen LogP contribution in [0.5, 0.6) is 0 Å². The van der Waals surface area contributed by atoms with Gasteiger partial charge in [-0.15, -0.1) is 0 Å². The van der Waals surface area contributed by atoms with Crippen LogP contribution in [-0.4, -0.2) is 0 Å². The Hall–Kier alpha value is -0.260. The normalized spacial score (nSPS) is 24.6. The lowest BCUT2D eigenvalue weighted by Gasteiger charge is -2.19. The second-order valence-corrected chi connectivity index (χ2v) is 4.04. The Morgan fingerprint density at radius 2 is 2.00 bits per heavy atom. The van der Waals surface area contributed by atoms with E-state index < -0.39 is 0 Å². The standard InChI is InChI=1S/C9H15/c1-9(2,3)7-6-8-4-5-8/h4,8H,6-7H2,1-3H3/q-1. The van der Waals surface area contributed by atoms with Crippen LogP contribution in [0.2, 0.25) is 0 Å². The summed E-state index contributed by atoms with van der Waals surface area (Å²) in [6.45, 7) is 6.86. The predicted octanol–water partition coefficient (Wildman–Crippen LogP) is 2.80. The molecule has 1 atom stereocenters. The van der Waals surface area contributed by atoms with Crippen LogP contribution in [0.15, 0.2) is 6.08 Å². The number of hydrogen-bond acceptors (Lipinski definition) is 0. The first-order valence-corrected chi connectivity index (χ1v) is 3.67. The fraction of sp³-hybridized carbons (Fsp3) is 0.778. The van der Waals surface area contributed by atoms with Gasteiger partial charge in [0.25, 0.3) is 0 Å². The first-order chi connectivity index (χ1) is 4.08. The molecule has 0 aromatic heterocycles. The van der Waals surface area contributed by atoms with E-state index in [1.807, 2.05) is 0 Å². The molecular formula is C9H15-. The lowest BCUT2D eigenvalue weighted by molar-refractivity contribution is 0.359. The molecule has 0 aromatic carbocycles. The molecule has 1 aliphatic carbocycles. The minimum atomic E-state index is 0.512. The average molecular weight is 123 g/mol. The molecule has 0 aromatic rings. The lowest BCUT2D eigenvalue weighted by atomic mass is 9.89. The molecule has 0 aliphatic heterocycles. The van der Waals surface area contributed by atoms with Crippen molar-refractivity contribution < 1.29 is 0 Å². The predicted molar refractivity (Wildman–Crippen MR) is 40.0 cm³/mol. The van der Waals surface area contributed by atoms with Crippen molar-refractivity contribution in [1.82, 2.24) is 0 Å². The average Bonchev–Trinajstić information content (AvgIpc) is 2.38. The molecule has 0 N–H and O–H groups in total. The van der Waals surface area contributed by atoms with Gasteiger partial charge in [-0.3, -0.25) is 6.08 Å². The Balaban J connectivity index is 2.03. The van der Waals surface area contributed by atoms with Crippen LogP contribution in [0.25, 0.3) is 0 Å². The van der Waals surface area contributed by atoms with Crippen LogP contribution >= 0.6 is 0 Å². The Morgan fingerprint density at radius 1 is 1.44 bits per heavy atom. The number of rotatable bonds is 2. The molecule has 0 heterocycles. The van der Waals surface area contributed by atoms with E-state index in [0.29, 0.717) is 5.41 Å². The third-order valence-electron chi connectivity index (χ3n) is 1.61. The largest absolute Gasteiger partial charge is 0.498 e. The first kappa shape index (κ1) is 6.85. The van der Waals surface area contributed by atoms with E-state index in [9.17, 15) is 0 Å². The van der Waals surface area contributed by atoms with Gasteiger partial charge in [0.2, 0.25) is 0 Å². The van der Waals surface area contributed by atoms with E-state index in [1.165, 1.54) is 12.8 Å². The molecule has 1 unspecified atom stereocenters. The maximum Gasteiger partial charge on any atom is -0.0383 e. The highest BCUT2D eigenvalue weighted by molar-refractivity contribution is 5.04. The SMILES string of the molecule is CC(C)(C)CCC1[C-]=C1. The van der Waals surface area contributed by atoms with Gasteiger partial charge in [-0.1, -0.05) is 33.6 Å². The molecule has 1 aliphatic rings. The summed E-state index contributed by atoms with van der Waals surface area (Å²) >= 11 is 0. The topological polar surface area (TPSA) is 0 Å². The summed E-state index contributed by atoms with van der Waals surface area (Å²) in [7, 11) is 0. The number of allylic oxidation sites excluding steroid dienone is 2. The van der Waals surface area contributed by atoms with Gasteiger partial charge in [0, 0.05) is 0 Å². The van der Waals surface area contributed by atoms with Crippen molar-refractivity contribution >= 4 is 0 Å². The van der Waals surface area contributed by atoms with Gasteiger partial charge in [0.1, 0.15) is 0 Å². The van der Waals surface area contributed by atoms with Crippen LogP contribution in [0.3, 0.4) is 0 Å². The van der Waals surface area contributed by atoms with Crippen LogP contribution < -0.4 is 0 Å². The van der Waals surface area contributed by atoms with Crippen molar-refractivity contribution in [2.75, 3.05) is 0 Å². The Kier molecular flexibility index (Phi) is 1.65. The zero-order valence-corrected chi connectivity index (χ0v) is 6.57. The highest BCUT2D eigenvalue weighted by Gasteiger charge is 2.09. The summed E-state index contributed by atoms with van der Waals surface area (Å²) in [5.74, 6) is 0.740. The summed E-state index contributed by atoms with van der Waals surface area (Å²) in [4.78, 5) is 0. The van der Waals surface area contributed by atoms with Crippen molar-refractivity contribution in [3.05, 3.63) is 12.2 Å². The molecule has 52 valence electrons. The third-order valence-corrected chi connectivity index (χ3v) is 1.61. The molecule has 1 rings (SSSR count). The van der Waals surface area contributed by atoms with Crippen molar-refractivity contribution in [1.29, 1.82) is 0 Å². The zero-order chi connectivity index (χ0) is 6.91. The second kappa shape index (κ2) is 2.17. The molecular weight excluding hydrogens is 108 g/mol. The minimum absolute atomic E-state index is 0.512. The molecule has 0 spiro atoms. The van der Waals surface area contributed by atoms with E-state index in [1.54, 1.807) is 0 Å². The Labute approximate surface area is 58.0 Å². The highest BCUT2D eigenvalue weighted by Crippen LogP contribution is 2.28. The molecule has 0 saturated heterocycles. The van der Waals surface area contributed by atoms with Crippen molar-refractivity contribution in [2.24, 2.45) is 11.3 Å². The molecule has 0 saturated carbocycles. The van der Waals surface area contributed by atoms with Gasteiger partial charge in [-0.2, -0.15) is 5.92 Å². The summed E-state index contributed by atoms with van der Waals surface area (Å²) in [5, 5.41) is 0. The van der Waals surface area contributed by atoms with E-state index in [4.69, 9.17) is 0 Å². The molecule has 9 heavy (non-hydrogen) atoms. The van der Waals surface area contributed by atoms with Gasteiger partial charge in [0.15, 0.2) is 0 Å². The molecule has 0 nitrogen and oxygen atoms in total. The van der Waals surface area contributed by atoms with E-state index >= 15 is 0 Å². The zero-order valence-electron chi connectivity index (χ0n) is 6.57. The number of hydrogen-bond donors (Lipinski definition) is 0. The third kappa shape index (κ3) is 3.34. The second-order valence-electron chi connectivity index (χ2n) is 4.04. The summed E-state index contributed by atoms with van der Waals surface area (Å²) in [6, 6.07) is 0. The summed E-state index contributed by atoms with van der Waals surface area (Å²) < 4.78 is 0. The van der Waals surface area contributed by atoms with E-state index in [0.717, 1.165) is 5.92 Å². The van der Waals surface area contributed by atoms with Crippen molar-refractivity contribution in [3.63, 3.8) is 0 Å². The molecule has 0 amide bonds. The van der Waals surface area contributed by atoms with Gasteiger partial charge in [0.05, 0.1) is 0 Å². The smallest absolute Gasteiger partial charge is 0.0383 e. The minimum Gasteiger partial charge on any atom is -0.498 e. The van der Waals surface area contributed by atoms with Crippen LogP contribution in [-0.2, 0) is 0 Å². The quantitative estimate of drug-likeness (QED) is 0.495. The molecule has 0 radical (unpaired) electrons. The lowest BCUT2D eigenvalue weighted by Crippen LogP contribution is -2.04. The Morgan fingerprint density at radius 3 is 2.33 bits per heavy atom. The van der Waals surface area contributed by atoms with Gasteiger partial charge < -0.3 is 6.08 Å². The molecule has 0 heteroatoms. The van der Waals surface area contributed by atoms with Crippen LogP contribution in [0, 0.1) is 17.4 Å². The highest BCUT2D eigenvalue weighted by atomic mass is 14.2.